The van der Waals surface area contributed by atoms with Crippen LogP contribution >= 0.6 is 0 Å². The first-order chi connectivity index (χ1) is 13.8. The third-order valence-corrected chi connectivity index (χ3v) is 5.26. The molecule has 10 atom stereocenters. The maximum atomic E-state index is 10.2. The van der Waals surface area contributed by atoms with Gasteiger partial charge >= 0.3 is 0 Å². The first-order valence-electron chi connectivity index (χ1n) is 10.1. The summed E-state index contributed by atoms with van der Waals surface area (Å²) in [6.07, 6.45) is -6.88. The fourth-order valence-electron chi connectivity index (χ4n) is 3.37. The van der Waals surface area contributed by atoms with Gasteiger partial charge in [-0.1, -0.05) is 32.3 Å². The SMILES string of the molecule is C=C[C@H](CCCCC)O[C@@H]1O[C@H](CO[C@H]2O[C@H](CO)[C@@H](O)[C@@H]2O)[C@@H](O)[C@H](O)[C@H]1O. The molecule has 0 amide bonds. The third-order valence-electron chi connectivity index (χ3n) is 5.26. The van der Waals surface area contributed by atoms with E-state index in [1.807, 2.05) is 0 Å². The van der Waals surface area contributed by atoms with Crippen LogP contribution in [0.2, 0.25) is 0 Å². The summed E-state index contributed by atoms with van der Waals surface area (Å²) in [4.78, 5) is 0. The van der Waals surface area contributed by atoms with Gasteiger partial charge in [0.05, 0.1) is 19.3 Å². The number of hydrogen-bond donors (Lipinski definition) is 6. The van der Waals surface area contributed by atoms with Gasteiger partial charge < -0.3 is 49.6 Å². The van der Waals surface area contributed by atoms with Crippen LogP contribution in [0.5, 0.6) is 0 Å². The zero-order valence-corrected chi connectivity index (χ0v) is 16.6. The molecule has 2 aliphatic rings. The van der Waals surface area contributed by atoms with Gasteiger partial charge in [-0.05, 0) is 6.42 Å². The number of unbranched alkanes of at least 4 members (excludes halogenated alkanes) is 2. The average Bonchev–Trinajstić information content (AvgIpc) is 3.00. The number of hydrogen-bond acceptors (Lipinski definition) is 10. The summed E-state index contributed by atoms with van der Waals surface area (Å²) in [6, 6.07) is 0. The molecule has 0 aromatic heterocycles. The quantitative estimate of drug-likeness (QED) is 0.169. The lowest BCUT2D eigenvalue weighted by Crippen LogP contribution is -2.60. The van der Waals surface area contributed by atoms with Crippen LogP contribution in [0.15, 0.2) is 12.7 Å². The van der Waals surface area contributed by atoms with E-state index in [-0.39, 0.29) is 6.61 Å². The monoisotopic (exact) mass is 422 g/mol. The van der Waals surface area contributed by atoms with E-state index in [0.29, 0.717) is 6.42 Å². The average molecular weight is 422 g/mol. The molecule has 29 heavy (non-hydrogen) atoms. The standard InChI is InChI=1S/C19H34O10/c1-3-5-6-7-10(4-2)27-19-17(25)15(23)14(22)12(29-19)9-26-18-16(24)13(21)11(8-20)28-18/h4,10-25H,2-3,5-9H2,1H3/t10-,11-,12-,13-,14-,15+,16+,17-,18+,19-/m1/s1. The highest BCUT2D eigenvalue weighted by Gasteiger charge is 2.47. The first kappa shape index (κ1) is 24.6. The van der Waals surface area contributed by atoms with Crippen molar-refractivity contribution in [1.82, 2.24) is 0 Å². The van der Waals surface area contributed by atoms with Crippen LogP contribution in [0.4, 0.5) is 0 Å². The van der Waals surface area contributed by atoms with Crippen molar-refractivity contribution in [3.05, 3.63) is 12.7 Å². The molecule has 0 aliphatic carbocycles. The summed E-state index contributed by atoms with van der Waals surface area (Å²) in [6.45, 7) is 4.98. The highest BCUT2D eigenvalue weighted by atomic mass is 16.7. The second-order valence-corrected chi connectivity index (χ2v) is 7.46. The van der Waals surface area contributed by atoms with Crippen LogP contribution < -0.4 is 0 Å². The lowest BCUT2D eigenvalue weighted by molar-refractivity contribution is -0.316. The Hall–Kier alpha value is -0.660. The smallest absolute Gasteiger partial charge is 0.187 e. The van der Waals surface area contributed by atoms with Crippen molar-refractivity contribution >= 4 is 0 Å². The van der Waals surface area contributed by atoms with Crippen molar-refractivity contribution in [3.63, 3.8) is 0 Å². The van der Waals surface area contributed by atoms with Gasteiger partial charge in [-0.2, -0.15) is 0 Å². The van der Waals surface area contributed by atoms with E-state index < -0.39 is 68.0 Å². The predicted octanol–water partition coefficient (Wildman–Crippen LogP) is -1.60. The minimum atomic E-state index is -1.53. The molecule has 0 unspecified atom stereocenters. The molecule has 2 fully saturated rings. The molecule has 170 valence electrons. The van der Waals surface area contributed by atoms with Crippen molar-refractivity contribution in [2.24, 2.45) is 0 Å². The van der Waals surface area contributed by atoms with Gasteiger partial charge in [0.15, 0.2) is 12.6 Å². The third kappa shape index (κ3) is 6.17. The lowest BCUT2D eigenvalue weighted by atomic mass is 9.99. The van der Waals surface area contributed by atoms with Crippen molar-refractivity contribution in [2.45, 2.75) is 94.0 Å². The second kappa shape index (κ2) is 11.7. The van der Waals surface area contributed by atoms with E-state index in [1.54, 1.807) is 6.08 Å². The zero-order chi connectivity index (χ0) is 21.6. The fourth-order valence-corrected chi connectivity index (χ4v) is 3.37. The maximum absolute atomic E-state index is 10.2. The first-order valence-corrected chi connectivity index (χ1v) is 10.1. The van der Waals surface area contributed by atoms with Crippen molar-refractivity contribution < 1.29 is 49.6 Å². The van der Waals surface area contributed by atoms with Crippen LogP contribution in [0.1, 0.15) is 32.6 Å². The molecule has 2 rings (SSSR count). The molecule has 10 nitrogen and oxygen atoms in total. The Labute approximate surface area is 170 Å². The van der Waals surface area contributed by atoms with E-state index in [1.165, 1.54) is 0 Å². The maximum Gasteiger partial charge on any atom is 0.187 e. The topological polar surface area (TPSA) is 158 Å². The van der Waals surface area contributed by atoms with Crippen LogP contribution in [0, 0.1) is 0 Å². The van der Waals surface area contributed by atoms with Crippen LogP contribution in [0.3, 0.4) is 0 Å². The molecule has 0 aromatic carbocycles. The summed E-state index contributed by atoms with van der Waals surface area (Å²) in [5.74, 6) is 0. The molecule has 0 spiro atoms. The molecule has 2 aliphatic heterocycles. The Morgan fingerprint density at radius 2 is 1.52 bits per heavy atom. The molecule has 10 heteroatoms. The van der Waals surface area contributed by atoms with Gasteiger partial charge in [0.25, 0.3) is 0 Å². The molecule has 2 saturated heterocycles. The number of rotatable bonds is 11. The Bertz CT molecular complexity index is 492. The van der Waals surface area contributed by atoms with Crippen LogP contribution in [0.25, 0.3) is 0 Å². The van der Waals surface area contributed by atoms with Gasteiger partial charge in [0.2, 0.25) is 0 Å². The van der Waals surface area contributed by atoms with E-state index in [2.05, 4.69) is 13.5 Å². The minimum Gasteiger partial charge on any atom is -0.394 e. The van der Waals surface area contributed by atoms with E-state index in [9.17, 15) is 25.5 Å². The molecule has 0 bridgehead atoms. The lowest BCUT2D eigenvalue weighted by Gasteiger charge is -2.41. The molecule has 0 radical (unpaired) electrons. The Morgan fingerprint density at radius 1 is 0.897 bits per heavy atom. The highest BCUT2D eigenvalue weighted by molar-refractivity contribution is 4.92. The van der Waals surface area contributed by atoms with Crippen molar-refractivity contribution in [2.75, 3.05) is 13.2 Å². The van der Waals surface area contributed by atoms with Gasteiger partial charge in [0.1, 0.15) is 42.7 Å². The second-order valence-electron chi connectivity index (χ2n) is 7.46. The van der Waals surface area contributed by atoms with Crippen molar-refractivity contribution in [3.8, 4) is 0 Å². The summed E-state index contributed by atoms with van der Waals surface area (Å²) in [5.41, 5.74) is 0. The predicted molar refractivity (Wildman–Crippen MR) is 99.6 cm³/mol. The number of ether oxygens (including phenoxy) is 4. The summed E-state index contributed by atoms with van der Waals surface area (Å²) < 4.78 is 21.9. The van der Waals surface area contributed by atoms with Gasteiger partial charge in [0, 0.05) is 0 Å². The van der Waals surface area contributed by atoms with Crippen LogP contribution in [-0.2, 0) is 18.9 Å². The molecular weight excluding hydrogens is 388 g/mol. The summed E-state index contributed by atoms with van der Waals surface area (Å²) in [7, 11) is 0. The Kier molecular flexibility index (Phi) is 9.89. The molecular formula is C19H34O10. The summed E-state index contributed by atoms with van der Waals surface area (Å²) >= 11 is 0. The number of aliphatic hydroxyl groups excluding tert-OH is 6. The largest absolute Gasteiger partial charge is 0.394 e. The Balaban J connectivity index is 1.93. The fraction of sp³-hybridized carbons (Fsp3) is 0.895. The number of aliphatic hydroxyl groups is 6. The van der Waals surface area contributed by atoms with E-state index >= 15 is 0 Å². The zero-order valence-electron chi connectivity index (χ0n) is 16.6. The van der Waals surface area contributed by atoms with Crippen LogP contribution in [-0.4, -0.2) is 105 Å². The summed E-state index contributed by atoms with van der Waals surface area (Å²) in [5, 5.41) is 59.3. The minimum absolute atomic E-state index is 0.313. The van der Waals surface area contributed by atoms with Gasteiger partial charge in [-0.3, -0.25) is 0 Å². The van der Waals surface area contributed by atoms with Crippen molar-refractivity contribution in [1.29, 1.82) is 0 Å². The molecule has 6 N–H and O–H groups in total. The highest BCUT2D eigenvalue weighted by Crippen LogP contribution is 2.27. The van der Waals surface area contributed by atoms with Gasteiger partial charge in [-0.25, -0.2) is 0 Å². The molecule has 2 heterocycles. The molecule has 0 aromatic rings. The van der Waals surface area contributed by atoms with E-state index in [4.69, 9.17) is 24.1 Å². The normalized spacial score (nSPS) is 41.4. The van der Waals surface area contributed by atoms with Gasteiger partial charge in [-0.15, -0.1) is 6.58 Å². The Morgan fingerprint density at radius 3 is 2.10 bits per heavy atom. The van der Waals surface area contributed by atoms with E-state index in [0.717, 1.165) is 19.3 Å². The molecule has 0 saturated carbocycles.